The highest BCUT2D eigenvalue weighted by molar-refractivity contribution is 5.78. The number of rotatable bonds is 2. The van der Waals surface area contributed by atoms with Crippen molar-refractivity contribution in [2.75, 3.05) is 13.2 Å². The van der Waals surface area contributed by atoms with Gasteiger partial charge in [0.05, 0.1) is 18.2 Å². The zero-order chi connectivity index (χ0) is 9.03. The molecule has 1 aliphatic heterocycles. The average Bonchev–Trinajstić information content (AvgIpc) is 2.36. The third kappa shape index (κ3) is 2.21. The molecule has 0 radical (unpaired) electrons. The number of ether oxygens (including phenoxy) is 1. The molecule has 1 rings (SSSR count). The maximum atomic E-state index is 11.0. The second kappa shape index (κ2) is 3.55. The highest BCUT2D eigenvalue weighted by atomic mass is 16.5. The Morgan fingerprint density at radius 3 is 3.08 bits per heavy atom. The lowest BCUT2D eigenvalue weighted by molar-refractivity contribution is -0.121. The third-order valence-corrected chi connectivity index (χ3v) is 1.90. The Morgan fingerprint density at radius 1 is 1.83 bits per heavy atom. The maximum Gasteiger partial charge on any atom is 0.234 e. The molecule has 66 valence electrons. The molecule has 1 N–H and O–H groups in total. The van der Waals surface area contributed by atoms with E-state index in [4.69, 9.17) is 10.00 Å². The Kier molecular flexibility index (Phi) is 2.66. The van der Waals surface area contributed by atoms with Gasteiger partial charge in [0, 0.05) is 6.61 Å². The molecule has 4 heteroatoms. The molecule has 1 heterocycles. The van der Waals surface area contributed by atoms with Gasteiger partial charge in [0.15, 0.2) is 0 Å². The summed E-state index contributed by atoms with van der Waals surface area (Å²) in [6.45, 7) is 3.16. The summed E-state index contributed by atoms with van der Waals surface area (Å²) in [4.78, 5) is 11.0. The number of nitriles is 1. The highest BCUT2D eigenvalue weighted by Gasteiger charge is 2.30. The van der Waals surface area contributed by atoms with Gasteiger partial charge in [-0.1, -0.05) is 0 Å². The largest absolute Gasteiger partial charge is 0.379 e. The molecular formula is C8H12N2O2. The Morgan fingerprint density at radius 2 is 2.58 bits per heavy atom. The van der Waals surface area contributed by atoms with Crippen LogP contribution >= 0.6 is 0 Å². The van der Waals surface area contributed by atoms with E-state index in [1.54, 1.807) is 6.07 Å². The van der Waals surface area contributed by atoms with Gasteiger partial charge in [0.1, 0.15) is 6.42 Å². The monoisotopic (exact) mass is 168 g/mol. The fourth-order valence-corrected chi connectivity index (χ4v) is 1.22. The van der Waals surface area contributed by atoms with Gasteiger partial charge in [-0.15, -0.1) is 0 Å². The van der Waals surface area contributed by atoms with Crippen molar-refractivity contribution in [2.45, 2.75) is 25.3 Å². The molecular weight excluding hydrogens is 156 g/mol. The van der Waals surface area contributed by atoms with E-state index in [9.17, 15) is 4.79 Å². The molecule has 4 nitrogen and oxygen atoms in total. The van der Waals surface area contributed by atoms with Crippen LogP contribution in [0.5, 0.6) is 0 Å². The van der Waals surface area contributed by atoms with Gasteiger partial charge >= 0.3 is 0 Å². The van der Waals surface area contributed by atoms with Gasteiger partial charge in [-0.2, -0.15) is 5.26 Å². The highest BCUT2D eigenvalue weighted by Crippen LogP contribution is 2.17. The molecule has 0 aliphatic carbocycles. The Bertz CT molecular complexity index is 214. The number of hydrogen-bond acceptors (Lipinski definition) is 3. The van der Waals surface area contributed by atoms with Crippen LogP contribution < -0.4 is 5.32 Å². The number of nitrogens with zero attached hydrogens (tertiary/aromatic N) is 1. The van der Waals surface area contributed by atoms with Crippen LogP contribution in [0.4, 0.5) is 0 Å². The first-order valence-corrected chi connectivity index (χ1v) is 3.92. The van der Waals surface area contributed by atoms with Crippen LogP contribution in [-0.4, -0.2) is 24.7 Å². The van der Waals surface area contributed by atoms with Crippen LogP contribution in [0, 0.1) is 11.3 Å². The summed E-state index contributed by atoms with van der Waals surface area (Å²) in [5.74, 6) is -0.217. The minimum atomic E-state index is -0.256. The van der Waals surface area contributed by atoms with E-state index in [0.717, 1.165) is 6.42 Å². The van der Waals surface area contributed by atoms with E-state index in [0.29, 0.717) is 13.2 Å². The van der Waals surface area contributed by atoms with Crippen molar-refractivity contribution in [3.8, 4) is 6.07 Å². The Labute approximate surface area is 71.5 Å². The summed E-state index contributed by atoms with van der Waals surface area (Å²) >= 11 is 0. The number of carbonyl (C=O) groups is 1. The summed E-state index contributed by atoms with van der Waals surface area (Å²) in [5.41, 5.74) is -0.256. The first-order chi connectivity index (χ1) is 5.66. The molecule has 0 saturated carbocycles. The number of nitrogens with one attached hydrogen (secondary N) is 1. The second-order valence-electron chi connectivity index (χ2n) is 3.25. The molecule has 1 fully saturated rings. The van der Waals surface area contributed by atoms with Crippen LogP contribution in [0.2, 0.25) is 0 Å². The van der Waals surface area contributed by atoms with Crippen molar-refractivity contribution in [3.05, 3.63) is 0 Å². The van der Waals surface area contributed by atoms with Crippen molar-refractivity contribution >= 4 is 5.91 Å². The molecule has 1 atom stereocenters. The van der Waals surface area contributed by atoms with E-state index in [1.807, 2.05) is 6.92 Å². The van der Waals surface area contributed by atoms with E-state index in [1.165, 1.54) is 0 Å². The lowest BCUT2D eigenvalue weighted by Gasteiger charge is -2.22. The summed E-state index contributed by atoms with van der Waals surface area (Å²) in [7, 11) is 0. The number of carbonyl (C=O) groups excluding carboxylic acids is 1. The van der Waals surface area contributed by atoms with Gasteiger partial charge in [-0.25, -0.2) is 0 Å². The zero-order valence-corrected chi connectivity index (χ0v) is 7.09. The van der Waals surface area contributed by atoms with Crippen molar-refractivity contribution in [3.63, 3.8) is 0 Å². The summed E-state index contributed by atoms with van der Waals surface area (Å²) in [6.07, 6.45) is 0.750. The Balaban J connectivity index is 2.39. The Hall–Kier alpha value is -1.08. The fraction of sp³-hybridized carbons (Fsp3) is 0.750. The fourth-order valence-electron chi connectivity index (χ4n) is 1.22. The standard InChI is InChI=1S/C8H12N2O2/c1-8(3-5-12-6-8)10-7(11)2-4-9/h2-3,5-6H2,1H3,(H,10,11). The van der Waals surface area contributed by atoms with Crippen molar-refractivity contribution in [1.29, 1.82) is 5.26 Å². The molecule has 0 aromatic rings. The first kappa shape index (κ1) is 9.01. The predicted octanol–water partition coefficient (Wildman–Crippen LogP) is 0.195. The molecule has 1 amide bonds. The minimum absolute atomic E-state index is 0.0738. The molecule has 0 bridgehead atoms. The van der Waals surface area contributed by atoms with E-state index in [-0.39, 0.29) is 17.9 Å². The van der Waals surface area contributed by atoms with Gasteiger partial charge in [0.25, 0.3) is 0 Å². The van der Waals surface area contributed by atoms with Crippen molar-refractivity contribution < 1.29 is 9.53 Å². The lowest BCUT2D eigenvalue weighted by atomic mass is 10.0. The van der Waals surface area contributed by atoms with Gasteiger partial charge in [-0.3, -0.25) is 4.79 Å². The van der Waals surface area contributed by atoms with E-state index in [2.05, 4.69) is 5.32 Å². The molecule has 0 spiro atoms. The first-order valence-electron chi connectivity index (χ1n) is 3.92. The molecule has 12 heavy (non-hydrogen) atoms. The molecule has 0 aromatic heterocycles. The zero-order valence-electron chi connectivity index (χ0n) is 7.09. The van der Waals surface area contributed by atoms with Gasteiger partial charge in [-0.05, 0) is 13.3 Å². The molecule has 1 saturated heterocycles. The van der Waals surface area contributed by atoms with Crippen molar-refractivity contribution in [2.24, 2.45) is 0 Å². The van der Waals surface area contributed by atoms with Crippen LogP contribution in [0.25, 0.3) is 0 Å². The van der Waals surface area contributed by atoms with E-state index >= 15 is 0 Å². The van der Waals surface area contributed by atoms with Gasteiger partial charge in [0.2, 0.25) is 5.91 Å². The smallest absolute Gasteiger partial charge is 0.234 e. The summed E-state index contributed by atoms with van der Waals surface area (Å²) in [5, 5.41) is 11.0. The minimum Gasteiger partial charge on any atom is -0.379 e. The summed E-state index contributed by atoms with van der Waals surface area (Å²) < 4.78 is 5.14. The molecule has 0 aromatic carbocycles. The number of hydrogen-bond donors (Lipinski definition) is 1. The third-order valence-electron chi connectivity index (χ3n) is 1.90. The van der Waals surface area contributed by atoms with Crippen LogP contribution in [-0.2, 0) is 9.53 Å². The quantitative estimate of drug-likeness (QED) is 0.640. The van der Waals surface area contributed by atoms with Crippen molar-refractivity contribution in [1.82, 2.24) is 5.32 Å². The van der Waals surface area contributed by atoms with Gasteiger partial charge < -0.3 is 10.1 Å². The van der Waals surface area contributed by atoms with Crippen LogP contribution in [0.1, 0.15) is 19.8 Å². The average molecular weight is 168 g/mol. The number of amides is 1. The molecule has 1 aliphatic rings. The molecule has 1 unspecified atom stereocenters. The van der Waals surface area contributed by atoms with E-state index < -0.39 is 0 Å². The SMILES string of the molecule is CC1(NC(=O)CC#N)CCOC1. The lowest BCUT2D eigenvalue weighted by Crippen LogP contribution is -2.46. The summed E-state index contributed by atoms with van der Waals surface area (Å²) in [6, 6.07) is 1.81. The van der Waals surface area contributed by atoms with Crippen LogP contribution in [0.15, 0.2) is 0 Å². The normalized spacial score (nSPS) is 28.0. The maximum absolute atomic E-state index is 11.0. The second-order valence-corrected chi connectivity index (χ2v) is 3.25. The topological polar surface area (TPSA) is 62.1 Å². The predicted molar refractivity (Wildman–Crippen MR) is 42.2 cm³/mol. The van der Waals surface area contributed by atoms with Crippen LogP contribution in [0.3, 0.4) is 0 Å².